The number of hydrogen-bond acceptors (Lipinski definition) is 5. The molecule has 1 aliphatic carbocycles. The first-order valence-corrected chi connectivity index (χ1v) is 8.65. The topological polar surface area (TPSA) is 78.6 Å². The molecule has 5 nitrogen and oxygen atoms in total. The molecule has 0 radical (unpaired) electrons. The molecule has 1 fully saturated rings. The second-order valence-electron chi connectivity index (χ2n) is 5.14. The van der Waals surface area contributed by atoms with Crippen LogP contribution in [0.25, 0.3) is 0 Å². The Morgan fingerprint density at radius 3 is 2.75 bits per heavy atom. The van der Waals surface area contributed by atoms with E-state index >= 15 is 0 Å². The third-order valence-electron chi connectivity index (χ3n) is 3.33. The maximum Gasteiger partial charge on any atom is 0.175 e. The highest BCUT2D eigenvalue weighted by Crippen LogP contribution is 2.29. The smallest absolute Gasteiger partial charge is 0.175 e. The van der Waals surface area contributed by atoms with E-state index in [0.717, 1.165) is 12.8 Å². The lowest BCUT2D eigenvalue weighted by Crippen LogP contribution is -2.59. The molecule has 2 rings (SSSR count). The summed E-state index contributed by atoms with van der Waals surface area (Å²) in [6, 6.07) is 6.50. The van der Waals surface area contributed by atoms with Gasteiger partial charge in [-0.1, -0.05) is 13.0 Å². The molecule has 1 aliphatic rings. The minimum Gasteiger partial charge on any atom is -0.488 e. The largest absolute Gasteiger partial charge is 0.488 e. The van der Waals surface area contributed by atoms with Crippen LogP contribution in [0.1, 0.15) is 19.8 Å². The van der Waals surface area contributed by atoms with E-state index in [4.69, 9.17) is 15.2 Å². The van der Waals surface area contributed by atoms with E-state index in [1.54, 1.807) is 18.2 Å². The monoisotopic (exact) mass is 299 g/mol. The molecule has 0 bridgehead atoms. The fourth-order valence-corrected chi connectivity index (χ4v) is 2.83. The van der Waals surface area contributed by atoms with Gasteiger partial charge in [-0.2, -0.15) is 0 Å². The van der Waals surface area contributed by atoms with E-state index in [2.05, 4.69) is 0 Å². The van der Waals surface area contributed by atoms with E-state index in [1.165, 1.54) is 12.3 Å². The SMILES string of the molecule is CCCOC1C(N)CC1Oc1cccc(S(C)(=O)=O)c1. The molecular weight excluding hydrogens is 278 g/mol. The second kappa shape index (κ2) is 6.11. The zero-order valence-electron chi connectivity index (χ0n) is 11.8. The first-order valence-electron chi connectivity index (χ1n) is 6.75. The van der Waals surface area contributed by atoms with Crippen LogP contribution in [0.3, 0.4) is 0 Å². The van der Waals surface area contributed by atoms with Crippen LogP contribution in [0.15, 0.2) is 29.2 Å². The molecule has 0 spiro atoms. The van der Waals surface area contributed by atoms with E-state index in [9.17, 15) is 8.42 Å². The summed E-state index contributed by atoms with van der Waals surface area (Å²) >= 11 is 0. The first-order chi connectivity index (χ1) is 9.41. The Labute approximate surface area is 120 Å². The number of rotatable bonds is 6. The lowest BCUT2D eigenvalue weighted by molar-refractivity contribution is -0.0980. The van der Waals surface area contributed by atoms with Crippen LogP contribution in [-0.4, -0.2) is 39.5 Å². The van der Waals surface area contributed by atoms with E-state index < -0.39 is 9.84 Å². The van der Waals surface area contributed by atoms with Crippen LogP contribution in [-0.2, 0) is 14.6 Å². The van der Waals surface area contributed by atoms with E-state index in [1.807, 2.05) is 6.92 Å². The van der Waals surface area contributed by atoms with Crippen LogP contribution in [0.5, 0.6) is 5.75 Å². The molecule has 6 heteroatoms. The fourth-order valence-electron chi connectivity index (χ4n) is 2.17. The van der Waals surface area contributed by atoms with Crippen LogP contribution >= 0.6 is 0 Å². The number of benzene rings is 1. The molecule has 1 aromatic carbocycles. The van der Waals surface area contributed by atoms with Gasteiger partial charge in [0.15, 0.2) is 9.84 Å². The van der Waals surface area contributed by atoms with Crippen molar-refractivity contribution in [2.24, 2.45) is 5.73 Å². The first kappa shape index (κ1) is 15.3. The number of hydrogen-bond donors (Lipinski definition) is 1. The van der Waals surface area contributed by atoms with Crippen molar-refractivity contribution in [3.05, 3.63) is 24.3 Å². The molecule has 1 aromatic rings. The van der Waals surface area contributed by atoms with Gasteiger partial charge in [-0.15, -0.1) is 0 Å². The maximum absolute atomic E-state index is 11.5. The Balaban J connectivity index is 2.03. The predicted molar refractivity (Wildman–Crippen MR) is 76.6 cm³/mol. The van der Waals surface area contributed by atoms with Crippen molar-refractivity contribution in [3.63, 3.8) is 0 Å². The zero-order chi connectivity index (χ0) is 14.8. The van der Waals surface area contributed by atoms with Gasteiger partial charge in [-0.05, 0) is 24.6 Å². The average Bonchev–Trinajstić information content (AvgIpc) is 2.38. The quantitative estimate of drug-likeness (QED) is 0.858. The molecule has 0 amide bonds. The Morgan fingerprint density at radius 2 is 2.15 bits per heavy atom. The number of ether oxygens (including phenoxy) is 2. The number of sulfone groups is 1. The molecule has 3 atom stereocenters. The summed E-state index contributed by atoms with van der Waals surface area (Å²) in [6.07, 6.45) is 2.61. The van der Waals surface area contributed by atoms with Crippen LogP contribution in [0.4, 0.5) is 0 Å². The van der Waals surface area contributed by atoms with Crippen LogP contribution in [0.2, 0.25) is 0 Å². The summed E-state index contributed by atoms with van der Waals surface area (Å²) in [4.78, 5) is 0.254. The predicted octanol–water partition coefficient (Wildman–Crippen LogP) is 1.36. The van der Waals surface area contributed by atoms with Gasteiger partial charge in [0.25, 0.3) is 0 Å². The van der Waals surface area contributed by atoms with Crippen molar-refractivity contribution in [1.82, 2.24) is 0 Å². The molecule has 0 aromatic heterocycles. The number of nitrogens with two attached hydrogens (primary N) is 1. The van der Waals surface area contributed by atoms with E-state index in [0.29, 0.717) is 12.4 Å². The summed E-state index contributed by atoms with van der Waals surface area (Å²) in [5, 5.41) is 0. The third-order valence-corrected chi connectivity index (χ3v) is 4.44. The Hall–Kier alpha value is -1.11. The van der Waals surface area contributed by atoms with Crippen molar-refractivity contribution in [1.29, 1.82) is 0 Å². The Morgan fingerprint density at radius 1 is 1.40 bits per heavy atom. The van der Waals surface area contributed by atoms with Gasteiger partial charge in [0.1, 0.15) is 18.0 Å². The van der Waals surface area contributed by atoms with Gasteiger partial charge in [-0.3, -0.25) is 0 Å². The minimum absolute atomic E-state index is 0.00959. The molecule has 0 heterocycles. The summed E-state index contributed by atoms with van der Waals surface area (Å²) in [5.74, 6) is 0.537. The lowest BCUT2D eigenvalue weighted by Gasteiger charge is -2.41. The van der Waals surface area contributed by atoms with Crippen molar-refractivity contribution in [2.75, 3.05) is 12.9 Å². The lowest BCUT2D eigenvalue weighted by atomic mass is 9.86. The molecule has 112 valence electrons. The van der Waals surface area contributed by atoms with Gasteiger partial charge in [0.2, 0.25) is 0 Å². The van der Waals surface area contributed by atoms with Crippen molar-refractivity contribution in [2.45, 2.75) is 42.9 Å². The van der Waals surface area contributed by atoms with Crippen molar-refractivity contribution < 1.29 is 17.9 Å². The molecule has 2 N–H and O–H groups in total. The summed E-state index contributed by atoms with van der Waals surface area (Å²) in [5.41, 5.74) is 5.91. The minimum atomic E-state index is -3.22. The third kappa shape index (κ3) is 3.50. The fraction of sp³-hybridized carbons (Fsp3) is 0.571. The summed E-state index contributed by atoms with van der Waals surface area (Å²) < 4.78 is 34.5. The van der Waals surface area contributed by atoms with E-state index in [-0.39, 0.29) is 23.1 Å². The van der Waals surface area contributed by atoms with Gasteiger partial charge in [0.05, 0.1) is 4.90 Å². The van der Waals surface area contributed by atoms with Gasteiger partial charge in [-0.25, -0.2) is 8.42 Å². The summed E-state index contributed by atoms with van der Waals surface area (Å²) in [7, 11) is -3.22. The van der Waals surface area contributed by atoms with Crippen LogP contribution < -0.4 is 10.5 Å². The molecule has 0 aliphatic heterocycles. The maximum atomic E-state index is 11.5. The van der Waals surface area contributed by atoms with Gasteiger partial charge < -0.3 is 15.2 Å². The average molecular weight is 299 g/mol. The molecular formula is C14H21NO4S. The zero-order valence-corrected chi connectivity index (χ0v) is 12.6. The van der Waals surface area contributed by atoms with Crippen LogP contribution in [0, 0.1) is 0 Å². The molecule has 0 saturated heterocycles. The standard InChI is InChI=1S/C14H21NO4S/c1-3-7-18-14-12(15)9-13(14)19-10-5-4-6-11(8-10)20(2,16)17/h4-6,8,12-14H,3,7,9,15H2,1-2H3. The van der Waals surface area contributed by atoms with Gasteiger partial charge >= 0.3 is 0 Å². The normalized spacial score (nSPS) is 26.1. The highest BCUT2D eigenvalue weighted by molar-refractivity contribution is 7.90. The molecule has 3 unspecified atom stereocenters. The van der Waals surface area contributed by atoms with Crippen molar-refractivity contribution in [3.8, 4) is 5.75 Å². The highest BCUT2D eigenvalue weighted by Gasteiger charge is 2.41. The highest BCUT2D eigenvalue weighted by atomic mass is 32.2. The Kier molecular flexibility index (Phi) is 4.67. The Bertz CT molecular complexity index is 558. The second-order valence-corrected chi connectivity index (χ2v) is 7.15. The molecule has 1 saturated carbocycles. The summed E-state index contributed by atoms with van der Waals surface area (Å²) in [6.45, 7) is 2.69. The van der Waals surface area contributed by atoms with Crippen molar-refractivity contribution >= 4 is 9.84 Å². The van der Waals surface area contributed by atoms with Gasteiger partial charge in [0, 0.05) is 25.3 Å². The molecule has 20 heavy (non-hydrogen) atoms.